The third-order valence-electron chi connectivity index (χ3n) is 3.61. The van der Waals surface area contributed by atoms with Crippen molar-refractivity contribution < 1.29 is 13.5 Å². The lowest BCUT2D eigenvalue weighted by atomic mass is 10.0. The zero-order chi connectivity index (χ0) is 16.1. The Balaban J connectivity index is 1.80. The summed E-state index contributed by atoms with van der Waals surface area (Å²) in [6, 6.07) is 20.6. The molecule has 0 atom stereocenters. The molecule has 0 aromatic heterocycles. The van der Waals surface area contributed by atoms with Crippen LogP contribution in [0.4, 0.5) is 8.78 Å². The first-order valence-corrected chi connectivity index (χ1v) is 7.41. The highest BCUT2D eigenvalue weighted by molar-refractivity contribution is 5.39. The maximum Gasteiger partial charge on any atom is 0.130 e. The summed E-state index contributed by atoms with van der Waals surface area (Å²) in [5.41, 5.74) is 2.33. The van der Waals surface area contributed by atoms with Crippen LogP contribution in [0.5, 0.6) is 5.75 Å². The Morgan fingerprint density at radius 2 is 1.43 bits per heavy atom. The lowest BCUT2D eigenvalue weighted by Crippen LogP contribution is -2.01. The number of rotatable bonds is 5. The molecule has 0 bridgehead atoms. The zero-order valence-electron chi connectivity index (χ0n) is 12.5. The Morgan fingerprint density at radius 1 is 0.696 bits per heavy atom. The van der Waals surface area contributed by atoms with Gasteiger partial charge in [0, 0.05) is 12.0 Å². The van der Waals surface area contributed by atoms with Crippen LogP contribution >= 0.6 is 0 Å². The van der Waals surface area contributed by atoms with E-state index in [1.807, 2.05) is 30.3 Å². The number of benzene rings is 3. The van der Waals surface area contributed by atoms with E-state index in [1.165, 1.54) is 18.2 Å². The smallest absolute Gasteiger partial charge is 0.130 e. The minimum atomic E-state index is -0.320. The van der Waals surface area contributed by atoms with E-state index in [2.05, 4.69) is 0 Å². The monoisotopic (exact) mass is 310 g/mol. The fourth-order valence-electron chi connectivity index (χ4n) is 2.39. The van der Waals surface area contributed by atoms with Crippen molar-refractivity contribution in [2.24, 2.45) is 0 Å². The molecule has 3 rings (SSSR count). The first-order valence-electron chi connectivity index (χ1n) is 7.41. The minimum absolute atomic E-state index is 0.303. The largest absolute Gasteiger partial charge is 0.489 e. The lowest BCUT2D eigenvalue weighted by Gasteiger charge is -2.12. The molecule has 0 fully saturated rings. The molecule has 0 aliphatic carbocycles. The summed E-state index contributed by atoms with van der Waals surface area (Å²) in [7, 11) is 0. The van der Waals surface area contributed by atoms with Crippen molar-refractivity contribution in [3.05, 3.63) is 101 Å². The van der Waals surface area contributed by atoms with E-state index in [0.717, 1.165) is 11.1 Å². The number of hydrogen-bond donors (Lipinski definition) is 0. The average Bonchev–Trinajstić information content (AvgIpc) is 2.58. The van der Waals surface area contributed by atoms with Crippen LogP contribution in [0.15, 0.2) is 72.8 Å². The van der Waals surface area contributed by atoms with Gasteiger partial charge in [-0.25, -0.2) is 8.78 Å². The molecule has 0 unspecified atom stereocenters. The Labute approximate surface area is 134 Å². The van der Waals surface area contributed by atoms with Gasteiger partial charge in [0.2, 0.25) is 0 Å². The Morgan fingerprint density at radius 3 is 2.17 bits per heavy atom. The van der Waals surface area contributed by atoms with Crippen molar-refractivity contribution in [1.29, 1.82) is 0 Å². The molecule has 0 spiro atoms. The molecule has 0 heterocycles. The van der Waals surface area contributed by atoms with Crippen molar-refractivity contribution in [2.75, 3.05) is 0 Å². The molecule has 1 nitrogen and oxygen atoms in total. The van der Waals surface area contributed by atoms with E-state index in [0.29, 0.717) is 24.3 Å². The van der Waals surface area contributed by atoms with Crippen LogP contribution in [0.2, 0.25) is 0 Å². The molecule has 23 heavy (non-hydrogen) atoms. The first kappa shape index (κ1) is 15.2. The maximum atomic E-state index is 14.2. The average molecular weight is 310 g/mol. The molecule has 0 radical (unpaired) electrons. The Hall–Kier alpha value is -2.68. The minimum Gasteiger partial charge on any atom is -0.489 e. The van der Waals surface area contributed by atoms with E-state index >= 15 is 0 Å². The van der Waals surface area contributed by atoms with Gasteiger partial charge in [-0.2, -0.15) is 0 Å². The highest BCUT2D eigenvalue weighted by atomic mass is 19.1. The summed E-state index contributed by atoms with van der Waals surface area (Å²) in [6.07, 6.45) is 0.358. The second kappa shape index (κ2) is 7.05. The normalized spacial score (nSPS) is 10.5. The summed E-state index contributed by atoms with van der Waals surface area (Å²) >= 11 is 0. The lowest BCUT2D eigenvalue weighted by molar-refractivity contribution is 0.301. The van der Waals surface area contributed by atoms with Gasteiger partial charge < -0.3 is 4.74 Å². The fourth-order valence-corrected chi connectivity index (χ4v) is 2.39. The number of halogens is 2. The van der Waals surface area contributed by atoms with Crippen molar-refractivity contribution in [3.63, 3.8) is 0 Å². The summed E-state index contributed by atoms with van der Waals surface area (Å²) in [4.78, 5) is 0. The van der Waals surface area contributed by atoms with Crippen LogP contribution in [0.3, 0.4) is 0 Å². The fraction of sp³-hybridized carbons (Fsp3) is 0.100. The van der Waals surface area contributed by atoms with Gasteiger partial charge in [-0.05, 0) is 35.4 Å². The van der Waals surface area contributed by atoms with Gasteiger partial charge >= 0.3 is 0 Å². The van der Waals surface area contributed by atoms with Crippen LogP contribution in [0, 0.1) is 11.6 Å². The second-order valence-corrected chi connectivity index (χ2v) is 5.29. The molecule has 3 heteroatoms. The van der Waals surface area contributed by atoms with Crippen LogP contribution in [-0.4, -0.2) is 0 Å². The summed E-state index contributed by atoms with van der Waals surface area (Å²) in [5, 5.41) is 0. The molecular formula is C20H16F2O. The molecule has 3 aromatic carbocycles. The van der Waals surface area contributed by atoms with Gasteiger partial charge in [-0.15, -0.1) is 0 Å². The number of ether oxygens (including phenoxy) is 1. The van der Waals surface area contributed by atoms with Crippen molar-refractivity contribution in [3.8, 4) is 5.75 Å². The van der Waals surface area contributed by atoms with Gasteiger partial charge in [-0.1, -0.05) is 48.5 Å². The number of hydrogen-bond acceptors (Lipinski definition) is 1. The van der Waals surface area contributed by atoms with Gasteiger partial charge in [0.1, 0.15) is 24.0 Å². The Kier molecular flexibility index (Phi) is 4.67. The van der Waals surface area contributed by atoms with Crippen molar-refractivity contribution in [2.45, 2.75) is 13.0 Å². The predicted molar refractivity (Wildman–Crippen MR) is 86.4 cm³/mol. The molecular weight excluding hydrogens is 294 g/mol. The van der Waals surface area contributed by atoms with Crippen LogP contribution in [0.1, 0.15) is 16.7 Å². The molecule has 0 aliphatic heterocycles. The van der Waals surface area contributed by atoms with E-state index in [1.54, 1.807) is 24.3 Å². The summed E-state index contributed by atoms with van der Waals surface area (Å²) in [6.45, 7) is 0.376. The van der Waals surface area contributed by atoms with E-state index < -0.39 is 0 Å². The van der Waals surface area contributed by atoms with Crippen LogP contribution in [-0.2, 0) is 13.0 Å². The van der Waals surface area contributed by atoms with Crippen molar-refractivity contribution >= 4 is 0 Å². The molecule has 0 N–H and O–H groups in total. The zero-order valence-corrected chi connectivity index (χ0v) is 12.5. The molecule has 3 aromatic rings. The van der Waals surface area contributed by atoms with Gasteiger partial charge in [0.25, 0.3) is 0 Å². The summed E-state index contributed by atoms with van der Waals surface area (Å²) in [5.74, 6) is -0.110. The predicted octanol–water partition coefficient (Wildman–Crippen LogP) is 5.13. The van der Waals surface area contributed by atoms with Gasteiger partial charge in [0.15, 0.2) is 0 Å². The SMILES string of the molecule is Fc1ccc(Cc2c(F)cccc2OCc2ccccc2)cc1. The molecule has 116 valence electrons. The highest BCUT2D eigenvalue weighted by Crippen LogP contribution is 2.25. The van der Waals surface area contributed by atoms with E-state index in [-0.39, 0.29) is 11.6 Å². The van der Waals surface area contributed by atoms with Gasteiger partial charge in [-0.3, -0.25) is 0 Å². The third-order valence-corrected chi connectivity index (χ3v) is 3.61. The first-order chi connectivity index (χ1) is 11.2. The molecule has 0 saturated carbocycles. The Bertz CT molecular complexity index is 767. The third kappa shape index (κ3) is 3.95. The quantitative estimate of drug-likeness (QED) is 0.634. The van der Waals surface area contributed by atoms with Crippen LogP contribution < -0.4 is 4.74 Å². The van der Waals surface area contributed by atoms with Gasteiger partial charge in [0.05, 0.1) is 0 Å². The highest BCUT2D eigenvalue weighted by Gasteiger charge is 2.11. The molecule has 0 amide bonds. The standard InChI is InChI=1S/C20H16F2O/c21-17-11-9-15(10-12-17)13-18-19(22)7-4-8-20(18)23-14-16-5-2-1-3-6-16/h1-12H,13-14H2. The maximum absolute atomic E-state index is 14.2. The van der Waals surface area contributed by atoms with Crippen LogP contribution in [0.25, 0.3) is 0 Å². The second-order valence-electron chi connectivity index (χ2n) is 5.29. The molecule has 0 saturated heterocycles. The molecule has 0 aliphatic rings. The van der Waals surface area contributed by atoms with E-state index in [9.17, 15) is 8.78 Å². The summed E-state index contributed by atoms with van der Waals surface area (Å²) < 4.78 is 33.0. The topological polar surface area (TPSA) is 9.23 Å². The van der Waals surface area contributed by atoms with E-state index in [4.69, 9.17) is 4.74 Å². The van der Waals surface area contributed by atoms with Crippen molar-refractivity contribution in [1.82, 2.24) is 0 Å².